The molecule has 0 unspecified atom stereocenters. The minimum atomic E-state index is -0.301. The first-order chi connectivity index (χ1) is 8.77. The van der Waals surface area contributed by atoms with E-state index in [9.17, 15) is 9.59 Å². The average molecular weight is 256 g/mol. The van der Waals surface area contributed by atoms with Crippen molar-refractivity contribution < 1.29 is 19.1 Å². The van der Waals surface area contributed by atoms with E-state index in [4.69, 9.17) is 9.47 Å². The van der Waals surface area contributed by atoms with Crippen LogP contribution in [0, 0.1) is 0 Å². The van der Waals surface area contributed by atoms with Gasteiger partial charge in [-0.1, -0.05) is 0 Å². The van der Waals surface area contributed by atoms with Crippen molar-refractivity contribution in [2.24, 2.45) is 0 Å². The minimum Gasteiger partial charge on any atom is -0.446 e. The summed E-state index contributed by atoms with van der Waals surface area (Å²) < 4.78 is 10.1. The predicted molar refractivity (Wildman–Crippen MR) is 64.3 cm³/mol. The minimum absolute atomic E-state index is 0.134. The molecule has 2 rings (SSSR count). The van der Waals surface area contributed by atoms with Gasteiger partial charge < -0.3 is 19.3 Å². The molecule has 2 fully saturated rings. The Morgan fingerprint density at radius 1 is 0.722 bits per heavy atom. The molecule has 0 spiro atoms. The van der Waals surface area contributed by atoms with Crippen LogP contribution in [0.5, 0.6) is 0 Å². The van der Waals surface area contributed by atoms with Crippen molar-refractivity contribution in [2.45, 2.75) is 25.7 Å². The molecule has 0 N–H and O–H groups in total. The highest BCUT2D eigenvalue weighted by Crippen LogP contribution is 2.09. The Balaban J connectivity index is 1.55. The number of hydrogen-bond acceptors (Lipinski definition) is 4. The standard InChI is InChI=1S/C12H20N2O4/c15-11(13-5-1-2-6-13)17-9-10-18-12(16)14-7-3-4-8-14/h1-10H2. The summed E-state index contributed by atoms with van der Waals surface area (Å²) in [6.45, 7) is 3.35. The van der Waals surface area contributed by atoms with Crippen molar-refractivity contribution in [3.8, 4) is 0 Å². The molecule has 0 aromatic rings. The highest BCUT2D eigenvalue weighted by molar-refractivity contribution is 5.68. The molecule has 18 heavy (non-hydrogen) atoms. The van der Waals surface area contributed by atoms with E-state index in [0.29, 0.717) is 0 Å². The predicted octanol–water partition coefficient (Wildman–Crippen LogP) is 1.45. The SMILES string of the molecule is O=C(OCCOC(=O)N1CCCC1)N1CCCC1. The van der Waals surface area contributed by atoms with E-state index in [0.717, 1.165) is 51.9 Å². The number of hydrogen-bond donors (Lipinski definition) is 0. The smallest absolute Gasteiger partial charge is 0.409 e. The maximum Gasteiger partial charge on any atom is 0.409 e. The second kappa shape index (κ2) is 6.47. The van der Waals surface area contributed by atoms with Gasteiger partial charge in [-0.2, -0.15) is 0 Å². The molecule has 0 atom stereocenters. The molecule has 2 aliphatic heterocycles. The van der Waals surface area contributed by atoms with Crippen LogP contribution in [0.3, 0.4) is 0 Å². The van der Waals surface area contributed by atoms with Gasteiger partial charge in [0, 0.05) is 26.2 Å². The zero-order chi connectivity index (χ0) is 12.8. The molecule has 0 saturated carbocycles. The Morgan fingerprint density at radius 2 is 1.06 bits per heavy atom. The summed E-state index contributed by atoms with van der Waals surface area (Å²) in [5.41, 5.74) is 0. The van der Waals surface area contributed by atoms with Gasteiger partial charge in [-0.15, -0.1) is 0 Å². The van der Waals surface area contributed by atoms with Gasteiger partial charge in [0.1, 0.15) is 13.2 Å². The van der Waals surface area contributed by atoms with Crippen LogP contribution in [0.4, 0.5) is 9.59 Å². The molecule has 0 bridgehead atoms. The molecule has 6 heteroatoms. The molecule has 2 amide bonds. The maximum atomic E-state index is 11.5. The van der Waals surface area contributed by atoms with Crippen molar-refractivity contribution in [3.05, 3.63) is 0 Å². The molecule has 6 nitrogen and oxygen atoms in total. The zero-order valence-electron chi connectivity index (χ0n) is 10.6. The topological polar surface area (TPSA) is 59.1 Å². The first kappa shape index (κ1) is 13.0. The van der Waals surface area contributed by atoms with Crippen molar-refractivity contribution in [1.29, 1.82) is 0 Å². The highest BCUT2D eigenvalue weighted by atomic mass is 16.6. The van der Waals surface area contributed by atoms with Gasteiger partial charge >= 0.3 is 12.2 Å². The van der Waals surface area contributed by atoms with Crippen LogP contribution in [0.15, 0.2) is 0 Å². The summed E-state index contributed by atoms with van der Waals surface area (Å²) in [5.74, 6) is 0. The number of amides is 2. The third-order valence-corrected chi connectivity index (χ3v) is 3.26. The van der Waals surface area contributed by atoms with Crippen LogP contribution in [0.1, 0.15) is 25.7 Å². The Morgan fingerprint density at radius 3 is 1.39 bits per heavy atom. The summed E-state index contributed by atoms with van der Waals surface area (Å²) in [5, 5.41) is 0. The van der Waals surface area contributed by atoms with E-state index in [1.54, 1.807) is 9.80 Å². The van der Waals surface area contributed by atoms with Crippen LogP contribution in [0.25, 0.3) is 0 Å². The molecule has 102 valence electrons. The second-order valence-corrected chi connectivity index (χ2v) is 4.62. The van der Waals surface area contributed by atoms with Crippen LogP contribution < -0.4 is 0 Å². The van der Waals surface area contributed by atoms with E-state index in [2.05, 4.69) is 0 Å². The van der Waals surface area contributed by atoms with Gasteiger partial charge in [-0.3, -0.25) is 0 Å². The van der Waals surface area contributed by atoms with Gasteiger partial charge in [0.2, 0.25) is 0 Å². The number of ether oxygens (including phenoxy) is 2. The normalized spacial score (nSPS) is 19.1. The lowest BCUT2D eigenvalue weighted by atomic mass is 10.4. The maximum absolute atomic E-state index is 11.5. The zero-order valence-corrected chi connectivity index (χ0v) is 10.6. The fourth-order valence-electron chi connectivity index (χ4n) is 2.24. The summed E-state index contributed by atoms with van der Waals surface area (Å²) in [7, 11) is 0. The van der Waals surface area contributed by atoms with E-state index in [-0.39, 0.29) is 25.4 Å². The van der Waals surface area contributed by atoms with Crippen molar-refractivity contribution in [3.63, 3.8) is 0 Å². The molecule has 0 aromatic carbocycles. The van der Waals surface area contributed by atoms with Crippen molar-refractivity contribution in [2.75, 3.05) is 39.4 Å². The van der Waals surface area contributed by atoms with E-state index in [1.165, 1.54) is 0 Å². The van der Waals surface area contributed by atoms with E-state index >= 15 is 0 Å². The Kier molecular flexibility index (Phi) is 4.66. The van der Waals surface area contributed by atoms with E-state index in [1.807, 2.05) is 0 Å². The molecule has 2 heterocycles. The molecular weight excluding hydrogens is 236 g/mol. The van der Waals surface area contributed by atoms with Gasteiger partial charge in [0.15, 0.2) is 0 Å². The monoisotopic (exact) mass is 256 g/mol. The second-order valence-electron chi connectivity index (χ2n) is 4.62. The highest BCUT2D eigenvalue weighted by Gasteiger charge is 2.20. The van der Waals surface area contributed by atoms with Crippen LogP contribution in [-0.4, -0.2) is 61.4 Å². The molecule has 2 aliphatic rings. The Hall–Kier alpha value is -1.46. The summed E-state index contributed by atoms with van der Waals surface area (Å²) in [4.78, 5) is 26.4. The number of carbonyl (C=O) groups excluding carboxylic acids is 2. The fourth-order valence-corrected chi connectivity index (χ4v) is 2.24. The van der Waals surface area contributed by atoms with Crippen molar-refractivity contribution >= 4 is 12.2 Å². The lowest BCUT2D eigenvalue weighted by Crippen LogP contribution is -2.31. The van der Waals surface area contributed by atoms with E-state index < -0.39 is 0 Å². The summed E-state index contributed by atoms with van der Waals surface area (Å²) >= 11 is 0. The van der Waals surface area contributed by atoms with Gasteiger partial charge in [0.25, 0.3) is 0 Å². The average Bonchev–Trinajstić information content (AvgIpc) is 3.05. The third-order valence-electron chi connectivity index (χ3n) is 3.26. The lowest BCUT2D eigenvalue weighted by Gasteiger charge is -2.17. The Labute approximate surface area is 107 Å². The lowest BCUT2D eigenvalue weighted by molar-refractivity contribution is 0.0652. The number of rotatable bonds is 3. The molecule has 0 aromatic heterocycles. The molecular formula is C12H20N2O4. The first-order valence-electron chi connectivity index (χ1n) is 6.61. The molecule has 0 aliphatic carbocycles. The number of nitrogens with zero attached hydrogens (tertiary/aromatic N) is 2. The Bertz CT molecular complexity index is 266. The first-order valence-corrected chi connectivity index (χ1v) is 6.61. The molecule has 0 radical (unpaired) electrons. The van der Waals surface area contributed by atoms with Gasteiger partial charge in [0.05, 0.1) is 0 Å². The van der Waals surface area contributed by atoms with Crippen LogP contribution in [-0.2, 0) is 9.47 Å². The number of carbonyl (C=O) groups is 2. The van der Waals surface area contributed by atoms with Crippen LogP contribution in [0.2, 0.25) is 0 Å². The van der Waals surface area contributed by atoms with Crippen LogP contribution >= 0.6 is 0 Å². The quantitative estimate of drug-likeness (QED) is 0.717. The largest absolute Gasteiger partial charge is 0.446 e. The number of likely N-dealkylation sites (tertiary alicyclic amines) is 2. The fraction of sp³-hybridized carbons (Fsp3) is 0.833. The third kappa shape index (κ3) is 3.51. The molecule has 2 saturated heterocycles. The van der Waals surface area contributed by atoms with Crippen molar-refractivity contribution in [1.82, 2.24) is 9.80 Å². The summed E-state index contributed by atoms with van der Waals surface area (Å²) in [6, 6.07) is 0. The van der Waals surface area contributed by atoms with Gasteiger partial charge in [-0.05, 0) is 25.7 Å². The van der Waals surface area contributed by atoms with Gasteiger partial charge in [-0.25, -0.2) is 9.59 Å². The summed E-state index contributed by atoms with van der Waals surface area (Å²) in [6.07, 6.45) is 3.56.